The first-order valence-corrected chi connectivity index (χ1v) is 10.9. The SMILES string of the molecule is C=C(CC)C1NC(=O)CC(c2cc(Cl)cc(C(=O)OC)c2)C12C(=O)Nc1cc(Cl)ccc12. The van der Waals surface area contributed by atoms with E-state index in [1.54, 1.807) is 24.3 Å². The molecule has 2 aromatic rings. The van der Waals surface area contributed by atoms with Crippen LogP contribution < -0.4 is 10.6 Å². The van der Waals surface area contributed by atoms with Crippen molar-refractivity contribution in [2.75, 3.05) is 12.4 Å². The van der Waals surface area contributed by atoms with E-state index < -0.39 is 23.3 Å². The highest BCUT2D eigenvalue weighted by Gasteiger charge is 2.61. The van der Waals surface area contributed by atoms with Gasteiger partial charge in [0, 0.05) is 28.1 Å². The van der Waals surface area contributed by atoms with Gasteiger partial charge < -0.3 is 15.4 Å². The first-order chi connectivity index (χ1) is 15.2. The summed E-state index contributed by atoms with van der Waals surface area (Å²) in [7, 11) is 1.28. The normalized spacial score (nSPS) is 24.0. The first kappa shape index (κ1) is 22.4. The van der Waals surface area contributed by atoms with Gasteiger partial charge in [0.1, 0.15) is 5.41 Å². The van der Waals surface area contributed by atoms with Gasteiger partial charge in [-0.25, -0.2) is 4.79 Å². The van der Waals surface area contributed by atoms with Crippen molar-refractivity contribution in [1.82, 2.24) is 5.32 Å². The maximum Gasteiger partial charge on any atom is 0.337 e. The average molecular weight is 473 g/mol. The third kappa shape index (κ3) is 3.38. The number of anilines is 1. The monoisotopic (exact) mass is 472 g/mol. The van der Waals surface area contributed by atoms with Crippen molar-refractivity contribution in [3.8, 4) is 0 Å². The second-order valence-electron chi connectivity index (χ2n) is 8.05. The number of methoxy groups -OCH3 is 1. The van der Waals surface area contributed by atoms with E-state index >= 15 is 0 Å². The zero-order chi connectivity index (χ0) is 23.2. The summed E-state index contributed by atoms with van der Waals surface area (Å²) in [6.45, 7) is 6.09. The fraction of sp³-hybridized carbons (Fsp3) is 0.292. The molecule has 2 amide bonds. The number of carbonyl (C=O) groups is 3. The molecule has 3 unspecified atom stereocenters. The number of fused-ring (bicyclic) bond motifs is 2. The highest BCUT2D eigenvalue weighted by atomic mass is 35.5. The molecule has 0 bridgehead atoms. The van der Waals surface area contributed by atoms with Crippen molar-refractivity contribution in [2.45, 2.75) is 37.1 Å². The Labute approximate surface area is 195 Å². The number of nitrogens with one attached hydrogen (secondary N) is 2. The molecule has 4 rings (SSSR count). The van der Waals surface area contributed by atoms with E-state index in [1.807, 2.05) is 13.0 Å². The van der Waals surface area contributed by atoms with Gasteiger partial charge >= 0.3 is 5.97 Å². The molecule has 2 N–H and O–H groups in total. The highest BCUT2D eigenvalue weighted by Crippen LogP contribution is 2.54. The maximum absolute atomic E-state index is 13.7. The lowest BCUT2D eigenvalue weighted by Crippen LogP contribution is -2.62. The number of carbonyl (C=O) groups excluding carboxylic acids is 3. The van der Waals surface area contributed by atoms with Crippen molar-refractivity contribution >= 4 is 46.7 Å². The molecule has 3 atom stereocenters. The van der Waals surface area contributed by atoms with Crippen LogP contribution in [0.5, 0.6) is 0 Å². The first-order valence-electron chi connectivity index (χ1n) is 10.2. The third-order valence-corrected chi connectivity index (χ3v) is 6.81. The summed E-state index contributed by atoms with van der Waals surface area (Å²) >= 11 is 12.5. The molecule has 0 radical (unpaired) electrons. The Morgan fingerprint density at radius 1 is 1.19 bits per heavy atom. The van der Waals surface area contributed by atoms with Crippen LogP contribution in [0, 0.1) is 0 Å². The average Bonchev–Trinajstić information content (AvgIpc) is 3.04. The minimum absolute atomic E-state index is 0.0317. The van der Waals surface area contributed by atoms with Gasteiger partial charge in [0.15, 0.2) is 0 Å². The van der Waals surface area contributed by atoms with Crippen LogP contribution in [0.15, 0.2) is 48.6 Å². The Kier molecular flexibility index (Phi) is 5.77. The van der Waals surface area contributed by atoms with Crippen LogP contribution in [0.2, 0.25) is 10.0 Å². The fourth-order valence-corrected chi connectivity index (χ4v) is 5.32. The summed E-state index contributed by atoms with van der Waals surface area (Å²) in [5, 5.41) is 6.73. The number of ether oxygens (including phenoxy) is 1. The minimum atomic E-state index is -1.18. The van der Waals surface area contributed by atoms with E-state index in [2.05, 4.69) is 17.2 Å². The number of amides is 2. The molecule has 6 nitrogen and oxygen atoms in total. The molecule has 2 aliphatic rings. The van der Waals surface area contributed by atoms with Crippen LogP contribution in [0.1, 0.15) is 47.2 Å². The Morgan fingerprint density at radius 3 is 2.62 bits per heavy atom. The van der Waals surface area contributed by atoms with Crippen molar-refractivity contribution in [3.05, 3.63) is 75.3 Å². The van der Waals surface area contributed by atoms with E-state index in [0.717, 1.165) is 11.1 Å². The van der Waals surface area contributed by atoms with Gasteiger partial charge in [-0.3, -0.25) is 9.59 Å². The van der Waals surface area contributed by atoms with Crippen molar-refractivity contribution in [3.63, 3.8) is 0 Å². The predicted molar refractivity (Wildman–Crippen MR) is 123 cm³/mol. The largest absolute Gasteiger partial charge is 0.465 e. The molecule has 0 aliphatic carbocycles. The maximum atomic E-state index is 13.7. The molecule has 0 saturated carbocycles. The van der Waals surface area contributed by atoms with E-state index in [9.17, 15) is 14.4 Å². The molecule has 2 aliphatic heterocycles. The summed E-state index contributed by atoms with van der Waals surface area (Å²) in [4.78, 5) is 38.8. The van der Waals surface area contributed by atoms with E-state index in [-0.39, 0.29) is 23.8 Å². The van der Waals surface area contributed by atoms with Crippen molar-refractivity contribution in [2.24, 2.45) is 0 Å². The van der Waals surface area contributed by atoms with Gasteiger partial charge in [0.25, 0.3) is 0 Å². The zero-order valence-electron chi connectivity index (χ0n) is 17.6. The van der Waals surface area contributed by atoms with Gasteiger partial charge in [-0.2, -0.15) is 0 Å². The third-order valence-electron chi connectivity index (χ3n) is 6.36. The van der Waals surface area contributed by atoms with Crippen LogP contribution in [0.4, 0.5) is 5.69 Å². The second-order valence-corrected chi connectivity index (χ2v) is 8.92. The fourth-order valence-electron chi connectivity index (χ4n) is 4.90. The molecule has 2 heterocycles. The quantitative estimate of drug-likeness (QED) is 0.502. The molecule has 32 heavy (non-hydrogen) atoms. The van der Waals surface area contributed by atoms with Crippen LogP contribution in [0.3, 0.4) is 0 Å². The van der Waals surface area contributed by atoms with E-state index in [4.69, 9.17) is 27.9 Å². The lowest BCUT2D eigenvalue weighted by atomic mass is 9.59. The van der Waals surface area contributed by atoms with Crippen LogP contribution >= 0.6 is 23.2 Å². The molecule has 166 valence electrons. The highest BCUT2D eigenvalue weighted by molar-refractivity contribution is 6.31. The van der Waals surface area contributed by atoms with Crippen LogP contribution in [-0.2, 0) is 19.7 Å². The second kappa shape index (κ2) is 8.26. The topological polar surface area (TPSA) is 84.5 Å². The number of halogens is 2. The van der Waals surface area contributed by atoms with Gasteiger partial charge in [0.05, 0.1) is 18.7 Å². The predicted octanol–water partition coefficient (Wildman–Crippen LogP) is 4.61. The Balaban J connectivity index is 2.00. The van der Waals surface area contributed by atoms with E-state index in [1.165, 1.54) is 13.2 Å². The summed E-state index contributed by atoms with van der Waals surface area (Å²) < 4.78 is 4.85. The molecule has 2 aromatic carbocycles. The molecule has 1 saturated heterocycles. The molecule has 1 fully saturated rings. The Bertz CT molecular complexity index is 1160. The molecular formula is C24H22Cl2N2O4. The number of hydrogen-bond donors (Lipinski definition) is 2. The summed E-state index contributed by atoms with van der Waals surface area (Å²) in [6, 6.07) is 9.39. The van der Waals surface area contributed by atoms with Gasteiger partial charge in [-0.1, -0.05) is 48.3 Å². The number of esters is 1. The van der Waals surface area contributed by atoms with Crippen LogP contribution in [0.25, 0.3) is 0 Å². The summed E-state index contributed by atoms with van der Waals surface area (Å²) in [5.41, 5.74) is 1.69. The smallest absolute Gasteiger partial charge is 0.337 e. The van der Waals surface area contributed by atoms with Gasteiger partial charge in [0.2, 0.25) is 11.8 Å². The van der Waals surface area contributed by atoms with E-state index in [0.29, 0.717) is 27.7 Å². The number of piperidine rings is 1. The van der Waals surface area contributed by atoms with Gasteiger partial charge in [-0.15, -0.1) is 0 Å². The number of hydrogen-bond acceptors (Lipinski definition) is 4. The standard InChI is InChI=1S/C24H22Cl2N2O4/c1-4-12(2)21-24(17-6-5-15(25)10-19(17)27-23(24)31)18(11-20(29)28-21)13-7-14(22(30)32-3)9-16(26)8-13/h5-10,18,21H,2,4,11H2,1,3H3,(H,27,31)(H,28,29). The molecule has 1 spiro atoms. The summed E-state index contributed by atoms with van der Waals surface area (Å²) in [5.74, 6) is -1.64. The van der Waals surface area contributed by atoms with Crippen LogP contribution in [-0.4, -0.2) is 30.9 Å². The lowest BCUT2D eigenvalue weighted by molar-refractivity contribution is -0.130. The molecule has 8 heteroatoms. The number of benzene rings is 2. The van der Waals surface area contributed by atoms with Crippen molar-refractivity contribution < 1.29 is 19.1 Å². The molecule has 0 aromatic heterocycles. The lowest BCUT2D eigenvalue weighted by Gasteiger charge is -2.47. The zero-order valence-corrected chi connectivity index (χ0v) is 19.1. The Morgan fingerprint density at radius 2 is 1.94 bits per heavy atom. The Hall–Kier alpha value is -2.83. The summed E-state index contributed by atoms with van der Waals surface area (Å²) in [6.07, 6.45) is 0.600. The minimum Gasteiger partial charge on any atom is -0.465 e. The van der Waals surface area contributed by atoms with Crippen molar-refractivity contribution in [1.29, 1.82) is 0 Å². The van der Waals surface area contributed by atoms with Gasteiger partial charge in [-0.05, 0) is 47.9 Å². The molecular weight excluding hydrogens is 451 g/mol. The number of rotatable bonds is 4.